The first kappa shape index (κ1) is 7.03. The van der Waals surface area contributed by atoms with E-state index in [2.05, 4.69) is 25.8 Å². The zero-order valence-electron chi connectivity index (χ0n) is 6.42. The Morgan fingerprint density at radius 1 is 1.44 bits per heavy atom. The van der Waals surface area contributed by atoms with E-state index >= 15 is 0 Å². The SMILES string of the molecule is CC1COCN(C)C1C. The van der Waals surface area contributed by atoms with Crippen LogP contribution in [0.1, 0.15) is 13.8 Å². The molecule has 0 amide bonds. The molecule has 1 aliphatic heterocycles. The van der Waals surface area contributed by atoms with Crippen LogP contribution in [0.5, 0.6) is 0 Å². The molecule has 0 aliphatic carbocycles. The summed E-state index contributed by atoms with van der Waals surface area (Å²) in [5.74, 6) is 0.684. The van der Waals surface area contributed by atoms with Gasteiger partial charge in [-0.3, -0.25) is 4.90 Å². The lowest BCUT2D eigenvalue weighted by Crippen LogP contribution is -2.42. The summed E-state index contributed by atoms with van der Waals surface area (Å²) in [5.41, 5.74) is 0. The molecular weight excluding hydrogens is 114 g/mol. The topological polar surface area (TPSA) is 12.5 Å². The molecule has 1 rings (SSSR count). The van der Waals surface area contributed by atoms with Gasteiger partial charge in [0.1, 0.15) is 0 Å². The van der Waals surface area contributed by atoms with Gasteiger partial charge in [-0.05, 0) is 19.9 Å². The molecule has 0 aromatic rings. The largest absolute Gasteiger partial charge is 0.366 e. The molecule has 0 saturated carbocycles. The van der Waals surface area contributed by atoms with E-state index in [9.17, 15) is 0 Å². The van der Waals surface area contributed by atoms with Gasteiger partial charge in [0.05, 0.1) is 13.3 Å². The van der Waals surface area contributed by atoms with Crippen LogP contribution in [-0.4, -0.2) is 31.3 Å². The summed E-state index contributed by atoms with van der Waals surface area (Å²) in [5, 5.41) is 0. The van der Waals surface area contributed by atoms with E-state index in [1.54, 1.807) is 0 Å². The van der Waals surface area contributed by atoms with E-state index < -0.39 is 0 Å². The second-order valence-corrected chi connectivity index (χ2v) is 2.97. The fraction of sp³-hybridized carbons (Fsp3) is 1.00. The highest BCUT2D eigenvalue weighted by Gasteiger charge is 2.21. The van der Waals surface area contributed by atoms with Gasteiger partial charge in [0.25, 0.3) is 0 Å². The third-order valence-electron chi connectivity index (χ3n) is 2.19. The molecular formula is C7H15NO. The van der Waals surface area contributed by atoms with Gasteiger partial charge in [-0.2, -0.15) is 0 Å². The third-order valence-corrected chi connectivity index (χ3v) is 2.19. The van der Waals surface area contributed by atoms with Gasteiger partial charge in [0, 0.05) is 6.04 Å². The van der Waals surface area contributed by atoms with E-state index in [1.165, 1.54) is 0 Å². The number of hydrogen-bond donors (Lipinski definition) is 0. The highest BCUT2D eigenvalue weighted by atomic mass is 16.5. The maximum absolute atomic E-state index is 5.29. The molecule has 0 bridgehead atoms. The van der Waals surface area contributed by atoms with Crippen LogP contribution >= 0.6 is 0 Å². The monoisotopic (exact) mass is 129 g/mol. The Morgan fingerprint density at radius 2 is 2.11 bits per heavy atom. The number of ether oxygens (including phenoxy) is 1. The van der Waals surface area contributed by atoms with Crippen molar-refractivity contribution in [3.63, 3.8) is 0 Å². The molecule has 1 saturated heterocycles. The zero-order valence-corrected chi connectivity index (χ0v) is 6.42. The van der Waals surface area contributed by atoms with Crippen LogP contribution < -0.4 is 0 Å². The molecule has 1 fully saturated rings. The Labute approximate surface area is 56.8 Å². The van der Waals surface area contributed by atoms with E-state index in [-0.39, 0.29) is 0 Å². The van der Waals surface area contributed by atoms with Gasteiger partial charge in [-0.1, -0.05) is 6.92 Å². The van der Waals surface area contributed by atoms with Gasteiger partial charge in [0.2, 0.25) is 0 Å². The summed E-state index contributed by atoms with van der Waals surface area (Å²) in [7, 11) is 2.10. The van der Waals surface area contributed by atoms with Gasteiger partial charge in [0.15, 0.2) is 0 Å². The van der Waals surface area contributed by atoms with E-state index in [0.717, 1.165) is 13.3 Å². The highest BCUT2D eigenvalue weighted by molar-refractivity contribution is 4.71. The van der Waals surface area contributed by atoms with Gasteiger partial charge < -0.3 is 4.74 Å². The summed E-state index contributed by atoms with van der Waals surface area (Å²) in [4.78, 5) is 2.23. The molecule has 1 heterocycles. The quantitative estimate of drug-likeness (QED) is 0.482. The second-order valence-electron chi connectivity index (χ2n) is 2.97. The van der Waals surface area contributed by atoms with Crippen LogP contribution in [-0.2, 0) is 4.74 Å². The van der Waals surface area contributed by atoms with Crippen molar-refractivity contribution in [2.45, 2.75) is 19.9 Å². The average Bonchev–Trinajstić information content (AvgIpc) is 1.83. The highest BCUT2D eigenvalue weighted by Crippen LogP contribution is 2.13. The predicted octanol–water partition coefficient (Wildman–Crippen LogP) is 0.930. The second kappa shape index (κ2) is 2.67. The molecule has 2 heteroatoms. The standard InChI is InChI=1S/C7H15NO/c1-6-4-9-5-8(3)7(6)2/h6-7H,4-5H2,1-3H3. The molecule has 0 N–H and O–H groups in total. The smallest absolute Gasteiger partial charge is 0.0990 e. The van der Waals surface area contributed by atoms with Gasteiger partial charge >= 0.3 is 0 Å². The lowest BCUT2D eigenvalue weighted by molar-refractivity contribution is -0.0592. The number of nitrogens with zero attached hydrogens (tertiary/aromatic N) is 1. The number of rotatable bonds is 0. The maximum atomic E-state index is 5.29. The Bertz CT molecular complexity index is 84.9. The molecule has 0 spiro atoms. The Hall–Kier alpha value is -0.0800. The lowest BCUT2D eigenvalue weighted by atomic mass is 10.0. The molecule has 9 heavy (non-hydrogen) atoms. The Balaban J connectivity index is 2.41. The lowest BCUT2D eigenvalue weighted by Gasteiger charge is -2.34. The Kier molecular flexibility index (Phi) is 2.09. The van der Waals surface area contributed by atoms with Crippen molar-refractivity contribution in [1.82, 2.24) is 4.90 Å². The first-order chi connectivity index (χ1) is 4.22. The first-order valence-corrected chi connectivity index (χ1v) is 3.50. The molecule has 54 valence electrons. The van der Waals surface area contributed by atoms with Gasteiger partial charge in [-0.25, -0.2) is 0 Å². The van der Waals surface area contributed by atoms with Crippen molar-refractivity contribution in [2.24, 2.45) is 5.92 Å². The van der Waals surface area contributed by atoms with Crippen molar-refractivity contribution in [3.8, 4) is 0 Å². The fourth-order valence-electron chi connectivity index (χ4n) is 1.07. The molecule has 1 aliphatic rings. The van der Waals surface area contributed by atoms with Crippen LogP contribution in [0.3, 0.4) is 0 Å². The zero-order chi connectivity index (χ0) is 6.85. The first-order valence-electron chi connectivity index (χ1n) is 3.50. The van der Waals surface area contributed by atoms with Crippen molar-refractivity contribution in [2.75, 3.05) is 20.4 Å². The summed E-state index contributed by atoms with van der Waals surface area (Å²) in [6, 6.07) is 0.679. The normalized spacial score (nSPS) is 39.0. The van der Waals surface area contributed by atoms with Crippen molar-refractivity contribution in [1.29, 1.82) is 0 Å². The summed E-state index contributed by atoms with van der Waals surface area (Å²) < 4.78 is 5.29. The van der Waals surface area contributed by atoms with Crippen molar-refractivity contribution >= 4 is 0 Å². The van der Waals surface area contributed by atoms with Crippen LogP contribution in [0.4, 0.5) is 0 Å². The van der Waals surface area contributed by atoms with E-state index in [1.807, 2.05) is 0 Å². The molecule has 2 atom stereocenters. The van der Waals surface area contributed by atoms with Crippen molar-refractivity contribution < 1.29 is 4.74 Å². The minimum Gasteiger partial charge on any atom is -0.366 e. The van der Waals surface area contributed by atoms with Crippen LogP contribution in [0.15, 0.2) is 0 Å². The minimum atomic E-state index is 0.679. The van der Waals surface area contributed by atoms with Crippen LogP contribution in [0.2, 0.25) is 0 Å². The van der Waals surface area contributed by atoms with E-state index in [0.29, 0.717) is 12.0 Å². The minimum absolute atomic E-state index is 0.679. The average molecular weight is 129 g/mol. The van der Waals surface area contributed by atoms with Crippen LogP contribution in [0.25, 0.3) is 0 Å². The molecule has 2 nitrogen and oxygen atoms in total. The molecule has 2 unspecified atom stereocenters. The predicted molar refractivity (Wildman–Crippen MR) is 37.2 cm³/mol. The summed E-state index contributed by atoms with van der Waals surface area (Å²) in [6.45, 7) is 6.19. The van der Waals surface area contributed by atoms with E-state index in [4.69, 9.17) is 4.74 Å². The molecule has 0 radical (unpaired) electrons. The third kappa shape index (κ3) is 1.43. The molecule has 0 aromatic carbocycles. The summed E-state index contributed by atoms with van der Waals surface area (Å²) in [6.07, 6.45) is 0. The van der Waals surface area contributed by atoms with Crippen molar-refractivity contribution in [3.05, 3.63) is 0 Å². The maximum Gasteiger partial charge on any atom is 0.0990 e. The number of hydrogen-bond acceptors (Lipinski definition) is 2. The van der Waals surface area contributed by atoms with Crippen LogP contribution in [0, 0.1) is 5.92 Å². The molecule has 0 aromatic heterocycles. The fourth-order valence-corrected chi connectivity index (χ4v) is 1.07. The van der Waals surface area contributed by atoms with Gasteiger partial charge in [-0.15, -0.1) is 0 Å². The Morgan fingerprint density at radius 3 is 2.56 bits per heavy atom. The summed E-state index contributed by atoms with van der Waals surface area (Å²) >= 11 is 0.